The molecule has 4 rings (SSSR count). The number of carbonyl (C=O) groups is 1. The molecule has 150 valence electrons. The van der Waals surface area contributed by atoms with Gasteiger partial charge in [-0.1, -0.05) is 30.3 Å². The van der Waals surface area contributed by atoms with Gasteiger partial charge in [0.1, 0.15) is 12.2 Å². The third-order valence-corrected chi connectivity index (χ3v) is 4.89. The van der Waals surface area contributed by atoms with Crippen molar-refractivity contribution in [2.75, 3.05) is 20.8 Å². The highest BCUT2D eigenvalue weighted by Gasteiger charge is 2.50. The van der Waals surface area contributed by atoms with Crippen molar-refractivity contribution in [1.29, 1.82) is 0 Å². The molecule has 0 bridgehead atoms. The average Bonchev–Trinajstić information content (AvgIpc) is 3.35. The quantitative estimate of drug-likeness (QED) is 0.594. The molecule has 2 heterocycles. The summed E-state index contributed by atoms with van der Waals surface area (Å²) in [6, 6.07) is 14.3. The zero-order valence-electron chi connectivity index (χ0n) is 16.0. The van der Waals surface area contributed by atoms with E-state index in [9.17, 15) is 9.90 Å². The molecule has 1 unspecified atom stereocenters. The fourth-order valence-electron chi connectivity index (χ4n) is 3.46. The lowest BCUT2D eigenvalue weighted by molar-refractivity contribution is -0.231. The fraction of sp³-hybridized carbons (Fsp3) is 0.227. The van der Waals surface area contributed by atoms with E-state index in [2.05, 4.69) is 0 Å². The van der Waals surface area contributed by atoms with Crippen LogP contribution in [-0.4, -0.2) is 31.9 Å². The Morgan fingerprint density at radius 3 is 2.48 bits per heavy atom. The molecule has 0 spiro atoms. The van der Waals surface area contributed by atoms with E-state index in [-0.39, 0.29) is 24.4 Å². The maximum atomic E-state index is 12.8. The van der Waals surface area contributed by atoms with Gasteiger partial charge < -0.3 is 24.2 Å². The lowest BCUT2D eigenvalue weighted by Crippen LogP contribution is -2.29. The van der Waals surface area contributed by atoms with E-state index in [1.807, 2.05) is 30.3 Å². The largest absolute Gasteiger partial charge is 0.493 e. The molecule has 0 aliphatic carbocycles. The van der Waals surface area contributed by atoms with Crippen LogP contribution < -0.4 is 9.47 Å². The first-order valence-corrected chi connectivity index (χ1v) is 9.02. The van der Waals surface area contributed by atoms with Gasteiger partial charge in [0.2, 0.25) is 0 Å². The second kappa shape index (κ2) is 7.62. The first-order valence-electron chi connectivity index (χ1n) is 9.02. The van der Waals surface area contributed by atoms with Crippen molar-refractivity contribution in [2.24, 2.45) is 0 Å². The van der Waals surface area contributed by atoms with Crippen molar-refractivity contribution in [3.63, 3.8) is 0 Å². The predicted molar refractivity (Wildman–Crippen MR) is 102 cm³/mol. The number of benzene rings is 2. The van der Waals surface area contributed by atoms with Gasteiger partial charge in [0, 0.05) is 17.6 Å². The molecule has 2 aromatic carbocycles. The summed E-state index contributed by atoms with van der Waals surface area (Å²) in [6.07, 6.45) is 1.90. The first-order chi connectivity index (χ1) is 14.1. The summed E-state index contributed by atoms with van der Waals surface area (Å²) in [5.41, 5.74) is 1.75. The van der Waals surface area contributed by atoms with Gasteiger partial charge in [-0.25, -0.2) is 4.79 Å². The van der Waals surface area contributed by atoms with Crippen LogP contribution >= 0.6 is 0 Å². The maximum absolute atomic E-state index is 12.8. The second-order valence-corrected chi connectivity index (χ2v) is 6.56. The molecule has 0 amide bonds. The van der Waals surface area contributed by atoms with E-state index in [1.54, 1.807) is 24.3 Å². The molecular formula is C22H20O7. The highest BCUT2D eigenvalue weighted by Crippen LogP contribution is 2.45. The van der Waals surface area contributed by atoms with E-state index < -0.39 is 11.8 Å². The van der Waals surface area contributed by atoms with Crippen molar-refractivity contribution in [1.82, 2.24) is 0 Å². The Bertz CT molecular complexity index is 993. The molecule has 0 saturated heterocycles. The molecule has 0 aromatic heterocycles. The molecule has 7 nitrogen and oxygen atoms in total. The van der Waals surface area contributed by atoms with Crippen LogP contribution in [0.5, 0.6) is 11.5 Å². The molecule has 29 heavy (non-hydrogen) atoms. The Kier molecular flexibility index (Phi) is 5.00. The summed E-state index contributed by atoms with van der Waals surface area (Å²) in [6.45, 7) is 0.208. The zero-order valence-corrected chi connectivity index (χ0v) is 16.0. The molecule has 7 heteroatoms. The molecule has 1 atom stereocenters. The third kappa shape index (κ3) is 3.35. The summed E-state index contributed by atoms with van der Waals surface area (Å²) < 4.78 is 16.1. The number of carbonyl (C=O) groups excluding carboxylic acids is 1. The van der Waals surface area contributed by atoms with Crippen LogP contribution in [0.25, 0.3) is 0 Å². The topological polar surface area (TPSA) is 83.5 Å². The normalized spacial score (nSPS) is 20.9. The van der Waals surface area contributed by atoms with E-state index in [0.717, 1.165) is 5.56 Å². The minimum Gasteiger partial charge on any atom is -0.493 e. The molecule has 2 aliphatic rings. The van der Waals surface area contributed by atoms with E-state index in [1.165, 1.54) is 14.2 Å². The van der Waals surface area contributed by atoms with Gasteiger partial charge in [-0.15, -0.1) is 0 Å². The van der Waals surface area contributed by atoms with Crippen LogP contribution in [0.1, 0.15) is 11.1 Å². The minimum absolute atomic E-state index is 0.156. The van der Waals surface area contributed by atoms with E-state index in [4.69, 9.17) is 24.0 Å². The number of hydrogen-bond donors (Lipinski definition) is 1. The molecule has 0 saturated carbocycles. The van der Waals surface area contributed by atoms with Gasteiger partial charge >= 0.3 is 5.97 Å². The Balaban J connectivity index is 1.86. The average molecular weight is 396 g/mol. The van der Waals surface area contributed by atoms with Gasteiger partial charge in [0.25, 0.3) is 5.79 Å². The summed E-state index contributed by atoms with van der Waals surface area (Å²) in [4.78, 5) is 22.8. The number of ether oxygens (including phenoxy) is 3. The summed E-state index contributed by atoms with van der Waals surface area (Å²) in [7, 11) is 3.01. The SMILES string of the molecule is COc1ccc(C2(O)OC(=O)C(C3=CCOO3)=C2Cc2ccccc2)cc1OC. The van der Waals surface area contributed by atoms with Crippen LogP contribution in [0.2, 0.25) is 0 Å². The number of methoxy groups -OCH3 is 2. The highest BCUT2D eigenvalue weighted by atomic mass is 17.2. The van der Waals surface area contributed by atoms with Crippen LogP contribution in [0.4, 0.5) is 0 Å². The molecule has 0 radical (unpaired) electrons. The van der Waals surface area contributed by atoms with Crippen LogP contribution in [-0.2, 0) is 31.5 Å². The molecule has 1 N–H and O–H groups in total. The Morgan fingerprint density at radius 2 is 1.83 bits per heavy atom. The van der Waals surface area contributed by atoms with E-state index >= 15 is 0 Å². The smallest absolute Gasteiger partial charge is 0.345 e. The van der Waals surface area contributed by atoms with Gasteiger partial charge in [0.05, 0.1) is 14.2 Å². The van der Waals surface area contributed by atoms with Gasteiger partial charge in [-0.2, -0.15) is 4.89 Å². The number of rotatable bonds is 6. The highest BCUT2D eigenvalue weighted by molar-refractivity contribution is 5.97. The van der Waals surface area contributed by atoms with Gasteiger partial charge in [-0.05, 0) is 29.8 Å². The zero-order chi connectivity index (χ0) is 20.4. The Labute approximate surface area is 167 Å². The Hall–Kier alpha value is -3.29. The first kappa shape index (κ1) is 19.0. The lowest BCUT2D eigenvalue weighted by atomic mass is 9.89. The Morgan fingerprint density at radius 1 is 1.07 bits per heavy atom. The summed E-state index contributed by atoms with van der Waals surface area (Å²) in [5, 5.41) is 11.5. The van der Waals surface area contributed by atoms with Gasteiger partial charge in [-0.3, -0.25) is 0 Å². The molecule has 2 aromatic rings. The monoisotopic (exact) mass is 396 g/mol. The maximum Gasteiger partial charge on any atom is 0.345 e. The van der Waals surface area contributed by atoms with Crippen molar-refractivity contribution >= 4 is 5.97 Å². The number of aliphatic hydroxyl groups is 1. The summed E-state index contributed by atoms with van der Waals surface area (Å²) in [5.74, 6) is -1.55. The third-order valence-electron chi connectivity index (χ3n) is 4.89. The standard InChI is InChI=1S/C22H20O7/c1-25-17-9-8-15(13-19(17)26-2)22(24)16(12-14-6-4-3-5-7-14)20(21(23)28-22)18-10-11-27-29-18/h3-10,13,24H,11-12H2,1-2H3. The lowest BCUT2D eigenvalue weighted by Gasteiger charge is -2.26. The number of cyclic esters (lactones) is 1. The van der Waals surface area contributed by atoms with Crippen LogP contribution in [0.15, 0.2) is 71.5 Å². The molecule has 2 aliphatic heterocycles. The predicted octanol–water partition coefficient (Wildman–Crippen LogP) is 2.79. The van der Waals surface area contributed by atoms with Crippen LogP contribution in [0.3, 0.4) is 0 Å². The van der Waals surface area contributed by atoms with Crippen molar-refractivity contribution in [2.45, 2.75) is 12.2 Å². The van der Waals surface area contributed by atoms with Crippen LogP contribution in [0, 0.1) is 0 Å². The van der Waals surface area contributed by atoms with E-state index in [0.29, 0.717) is 22.6 Å². The van der Waals surface area contributed by atoms with Crippen molar-refractivity contribution in [3.05, 3.63) is 82.6 Å². The minimum atomic E-state index is -1.99. The van der Waals surface area contributed by atoms with Crippen molar-refractivity contribution < 1.29 is 33.9 Å². The second-order valence-electron chi connectivity index (χ2n) is 6.56. The van der Waals surface area contributed by atoms with Crippen molar-refractivity contribution in [3.8, 4) is 11.5 Å². The molecular weight excluding hydrogens is 376 g/mol. The number of esters is 1. The molecule has 0 fully saturated rings. The summed E-state index contributed by atoms with van der Waals surface area (Å²) >= 11 is 0. The fourth-order valence-corrected chi connectivity index (χ4v) is 3.46. The number of hydrogen-bond acceptors (Lipinski definition) is 7. The van der Waals surface area contributed by atoms with Gasteiger partial charge in [0.15, 0.2) is 17.3 Å².